The van der Waals surface area contributed by atoms with Gasteiger partial charge in [-0.3, -0.25) is 5.10 Å². The number of nitrogens with zero attached hydrogens (tertiary/aromatic N) is 6. The molecule has 3 aromatic heterocycles. The van der Waals surface area contributed by atoms with Crippen LogP contribution in [-0.2, 0) is 0 Å². The number of aromatic amines is 1. The van der Waals surface area contributed by atoms with Crippen molar-refractivity contribution in [2.75, 3.05) is 18.4 Å². The third-order valence-corrected chi connectivity index (χ3v) is 4.81. The monoisotopic (exact) mass is 344 g/mol. The Labute approximate surface area is 141 Å². The molecule has 1 fully saturated rings. The molecule has 0 unspecified atom stereocenters. The summed E-state index contributed by atoms with van der Waals surface area (Å²) in [5.74, 6) is 0. The van der Waals surface area contributed by atoms with Crippen molar-refractivity contribution in [2.24, 2.45) is 0 Å². The van der Waals surface area contributed by atoms with Crippen LogP contribution in [0.3, 0.4) is 0 Å². The third-order valence-electron chi connectivity index (χ3n) is 4.02. The van der Waals surface area contributed by atoms with Gasteiger partial charge in [0, 0.05) is 24.7 Å². The summed E-state index contributed by atoms with van der Waals surface area (Å²) < 4.78 is 1.82. The Morgan fingerprint density at radius 2 is 2.42 bits per heavy atom. The molecule has 0 aliphatic carbocycles. The van der Waals surface area contributed by atoms with Crippen molar-refractivity contribution < 1.29 is 4.79 Å². The second kappa shape index (κ2) is 6.40. The minimum Gasteiger partial charge on any atom is -0.322 e. The summed E-state index contributed by atoms with van der Waals surface area (Å²) in [6, 6.07) is 0.0220. The molecule has 0 spiro atoms. The number of likely N-dealkylation sites (tertiary alicyclic amines) is 1. The van der Waals surface area contributed by atoms with Gasteiger partial charge in [0.2, 0.25) is 0 Å². The first-order valence-electron chi connectivity index (χ1n) is 7.64. The van der Waals surface area contributed by atoms with Crippen LogP contribution in [0.2, 0.25) is 0 Å². The van der Waals surface area contributed by atoms with E-state index in [1.165, 1.54) is 17.7 Å². The average Bonchev–Trinajstić information content (AvgIpc) is 3.36. The maximum atomic E-state index is 12.6. The molecular formula is C14H16N8OS. The standard InChI is InChI=1S/C14H16N8OS/c23-14(19-11-6-17-20-12(11)13-16-3-5-24-13)21-4-1-2-10(7-21)22-9-15-8-18-22/h3,5-6,8-10H,1-2,4,7H2,(H,17,20)(H,19,23)/t10-/m1/s1. The number of rotatable bonds is 3. The van der Waals surface area contributed by atoms with E-state index in [4.69, 9.17) is 0 Å². The summed E-state index contributed by atoms with van der Waals surface area (Å²) in [5, 5.41) is 16.7. The molecule has 0 bridgehead atoms. The topological polar surface area (TPSA) is 105 Å². The Balaban J connectivity index is 1.46. The first-order chi connectivity index (χ1) is 11.8. The number of H-pyrrole nitrogens is 1. The molecular weight excluding hydrogens is 328 g/mol. The van der Waals surface area contributed by atoms with E-state index in [1.54, 1.807) is 23.6 Å². The van der Waals surface area contributed by atoms with Crippen LogP contribution in [0.15, 0.2) is 30.4 Å². The van der Waals surface area contributed by atoms with Gasteiger partial charge in [-0.15, -0.1) is 11.3 Å². The second-order valence-corrected chi connectivity index (χ2v) is 6.44. The van der Waals surface area contributed by atoms with Crippen LogP contribution < -0.4 is 5.32 Å². The lowest BCUT2D eigenvalue weighted by molar-refractivity contribution is 0.174. The van der Waals surface area contributed by atoms with Gasteiger partial charge in [0.05, 0.1) is 17.9 Å². The molecule has 10 heteroatoms. The second-order valence-electron chi connectivity index (χ2n) is 5.54. The Morgan fingerprint density at radius 1 is 1.46 bits per heavy atom. The fourth-order valence-corrected chi connectivity index (χ4v) is 3.49. The van der Waals surface area contributed by atoms with Gasteiger partial charge in [0.1, 0.15) is 23.4 Å². The molecule has 0 radical (unpaired) electrons. The van der Waals surface area contributed by atoms with E-state index in [9.17, 15) is 4.79 Å². The molecule has 2 amide bonds. The van der Waals surface area contributed by atoms with Gasteiger partial charge in [0.15, 0.2) is 0 Å². The fourth-order valence-electron chi connectivity index (χ4n) is 2.85. The summed E-state index contributed by atoms with van der Waals surface area (Å²) >= 11 is 1.49. The van der Waals surface area contributed by atoms with Crippen molar-refractivity contribution in [3.05, 3.63) is 30.4 Å². The van der Waals surface area contributed by atoms with Gasteiger partial charge in [-0.25, -0.2) is 19.4 Å². The summed E-state index contributed by atoms with van der Waals surface area (Å²) in [6.45, 7) is 1.33. The van der Waals surface area contributed by atoms with E-state index in [0.29, 0.717) is 12.2 Å². The molecule has 0 aromatic carbocycles. The highest BCUT2D eigenvalue weighted by molar-refractivity contribution is 7.13. The van der Waals surface area contributed by atoms with Gasteiger partial charge in [-0.05, 0) is 12.8 Å². The number of hydrogen-bond donors (Lipinski definition) is 2. The van der Waals surface area contributed by atoms with Gasteiger partial charge in [-0.1, -0.05) is 0 Å². The van der Waals surface area contributed by atoms with Crippen molar-refractivity contribution in [1.29, 1.82) is 0 Å². The highest BCUT2D eigenvalue weighted by Crippen LogP contribution is 2.28. The first kappa shape index (κ1) is 14.8. The van der Waals surface area contributed by atoms with Crippen LogP contribution in [0.5, 0.6) is 0 Å². The van der Waals surface area contributed by atoms with E-state index < -0.39 is 0 Å². The predicted molar refractivity (Wildman–Crippen MR) is 88.6 cm³/mol. The van der Waals surface area contributed by atoms with Crippen LogP contribution in [0.1, 0.15) is 18.9 Å². The molecule has 4 heterocycles. The number of anilines is 1. The zero-order chi connectivity index (χ0) is 16.4. The maximum Gasteiger partial charge on any atom is 0.322 e. The highest BCUT2D eigenvalue weighted by atomic mass is 32.1. The molecule has 1 aliphatic rings. The van der Waals surface area contributed by atoms with E-state index >= 15 is 0 Å². The van der Waals surface area contributed by atoms with Crippen molar-refractivity contribution in [1.82, 2.24) is 34.8 Å². The van der Waals surface area contributed by atoms with Crippen LogP contribution in [0, 0.1) is 0 Å². The fraction of sp³-hybridized carbons (Fsp3) is 0.357. The number of piperidine rings is 1. The van der Waals surface area contributed by atoms with Crippen molar-refractivity contribution >= 4 is 23.1 Å². The zero-order valence-corrected chi connectivity index (χ0v) is 13.6. The predicted octanol–water partition coefficient (Wildman–Crippen LogP) is 1.99. The first-order valence-corrected chi connectivity index (χ1v) is 8.52. The molecule has 2 N–H and O–H groups in total. The van der Waals surface area contributed by atoms with E-state index in [-0.39, 0.29) is 12.1 Å². The number of aromatic nitrogens is 6. The molecule has 9 nitrogen and oxygen atoms in total. The number of hydrogen-bond acceptors (Lipinski definition) is 6. The molecule has 3 aromatic rings. The number of amides is 2. The summed E-state index contributed by atoms with van der Waals surface area (Å²) in [5.41, 5.74) is 1.36. The van der Waals surface area contributed by atoms with Gasteiger partial charge in [0.25, 0.3) is 0 Å². The van der Waals surface area contributed by atoms with Crippen LogP contribution in [0.4, 0.5) is 10.5 Å². The average molecular weight is 344 g/mol. The minimum absolute atomic E-state index is 0.140. The lowest BCUT2D eigenvalue weighted by Gasteiger charge is -2.32. The quantitative estimate of drug-likeness (QED) is 0.756. The Morgan fingerprint density at radius 3 is 3.21 bits per heavy atom. The van der Waals surface area contributed by atoms with Crippen molar-refractivity contribution in [3.63, 3.8) is 0 Å². The van der Waals surface area contributed by atoms with E-state index in [1.807, 2.05) is 10.1 Å². The number of nitrogens with one attached hydrogen (secondary N) is 2. The van der Waals surface area contributed by atoms with Crippen LogP contribution in [-0.4, -0.2) is 54.0 Å². The SMILES string of the molecule is O=C(Nc1cn[nH]c1-c1nccs1)N1CCC[C@@H](n2cncn2)C1. The highest BCUT2D eigenvalue weighted by Gasteiger charge is 2.26. The molecule has 124 valence electrons. The lowest BCUT2D eigenvalue weighted by Crippen LogP contribution is -2.43. The van der Waals surface area contributed by atoms with Crippen molar-refractivity contribution in [3.8, 4) is 10.7 Å². The Kier molecular flexibility index (Phi) is 3.95. The lowest BCUT2D eigenvalue weighted by atomic mass is 10.1. The summed E-state index contributed by atoms with van der Waals surface area (Å²) in [6.07, 6.45) is 8.46. The maximum absolute atomic E-state index is 12.6. The number of urea groups is 1. The van der Waals surface area contributed by atoms with Gasteiger partial charge in [-0.2, -0.15) is 10.2 Å². The van der Waals surface area contributed by atoms with Gasteiger partial charge >= 0.3 is 6.03 Å². The largest absolute Gasteiger partial charge is 0.322 e. The molecule has 1 atom stereocenters. The molecule has 24 heavy (non-hydrogen) atoms. The van der Waals surface area contributed by atoms with Crippen LogP contribution in [0.25, 0.3) is 10.7 Å². The normalized spacial score (nSPS) is 17.8. The zero-order valence-electron chi connectivity index (χ0n) is 12.8. The van der Waals surface area contributed by atoms with Crippen LogP contribution >= 0.6 is 11.3 Å². The number of thiazole rings is 1. The molecule has 0 saturated carbocycles. The van der Waals surface area contributed by atoms with E-state index in [2.05, 4.69) is 30.6 Å². The van der Waals surface area contributed by atoms with Gasteiger partial charge < -0.3 is 10.2 Å². The van der Waals surface area contributed by atoms with E-state index in [0.717, 1.165) is 30.1 Å². The minimum atomic E-state index is -0.140. The molecule has 4 rings (SSSR count). The number of carbonyl (C=O) groups excluding carboxylic acids is 1. The molecule has 1 saturated heterocycles. The third kappa shape index (κ3) is 2.87. The summed E-state index contributed by atoms with van der Waals surface area (Å²) in [7, 11) is 0. The summed E-state index contributed by atoms with van der Waals surface area (Å²) in [4.78, 5) is 22.6. The number of carbonyl (C=O) groups is 1. The smallest absolute Gasteiger partial charge is 0.322 e. The Bertz CT molecular complexity index is 797. The molecule has 1 aliphatic heterocycles. The Hall–Kier alpha value is -2.75. The van der Waals surface area contributed by atoms with Crippen molar-refractivity contribution in [2.45, 2.75) is 18.9 Å².